The molecule has 0 aromatic heterocycles. The average molecular weight is 625 g/mol. The SMILES string of the molecule is CC1(C)c2cccc(C3(C)c4ccccc4-c4ccc(-c5ccc6ccccc6c5)cc43)c2-c2cccc(-c3ccc4ccccc4c3)c21. The molecule has 0 N–H and O–H groups in total. The molecule has 49 heavy (non-hydrogen) atoms. The molecule has 0 fully saturated rings. The first kappa shape index (κ1) is 28.3. The van der Waals surface area contributed by atoms with Crippen LogP contribution >= 0.6 is 0 Å². The molecule has 0 saturated heterocycles. The Morgan fingerprint density at radius 1 is 0.327 bits per heavy atom. The molecule has 1 unspecified atom stereocenters. The quantitative estimate of drug-likeness (QED) is 0.183. The molecule has 0 aliphatic heterocycles. The van der Waals surface area contributed by atoms with Crippen molar-refractivity contribution in [1.29, 1.82) is 0 Å². The smallest absolute Gasteiger partial charge is 0.0442 e. The van der Waals surface area contributed by atoms with Crippen molar-refractivity contribution < 1.29 is 0 Å². The minimum absolute atomic E-state index is 0.160. The van der Waals surface area contributed by atoms with Crippen LogP contribution in [0.25, 0.3) is 66.1 Å². The van der Waals surface area contributed by atoms with Crippen LogP contribution in [0.3, 0.4) is 0 Å². The Kier molecular flexibility index (Phi) is 5.86. The third kappa shape index (κ3) is 3.92. The molecule has 10 rings (SSSR count). The van der Waals surface area contributed by atoms with E-state index >= 15 is 0 Å². The zero-order valence-corrected chi connectivity index (χ0v) is 28.1. The fraction of sp³-hybridized carbons (Fsp3) is 0.102. The van der Waals surface area contributed by atoms with Gasteiger partial charge in [-0.2, -0.15) is 0 Å². The molecule has 2 aliphatic carbocycles. The molecule has 2 aliphatic rings. The van der Waals surface area contributed by atoms with Crippen LogP contribution in [0.15, 0.2) is 164 Å². The highest BCUT2D eigenvalue weighted by Gasteiger charge is 2.46. The van der Waals surface area contributed by atoms with Crippen LogP contribution in [0.5, 0.6) is 0 Å². The van der Waals surface area contributed by atoms with Gasteiger partial charge in [0.25, 0.3) is 0 Å². The van der Waals surface area contributed by atoms with E-state index in [0.717, 1.165) is 0 Å². The Balaban J connectivity index is 1.21. The molecule has 0 nitrogen and oxygen atoms in total. The Labute approximate surface area is 288 Å². The summed E-state index contributed by atoms with van der Waals surface area (Å²) in [5, 5.41) is 5.10. The summed E-state index contributed by atoms with van der Waals surface area (Å²) in [6, 6.07) is 61.4. The van der Waals surface area contributed by atoms with E-state index in [1.165, 1.54) is 93.9 Å². The lowest BCUT2D eigenvalue weighted by Crippen LogP contribution is -2.24. The number of hydrogen-bond acceptors (Lipinski definition) is 0. The lowest BCUT2D eigenvalue weighted by atomic mass is 9.70. The van der Waals surface area contributed by atoms with Crippen molar-refractivity contribution in [2.75, 3.05) is 0 Å². The Hall–Kier alpha value is -5.72. The molecule has 0 saturated carbocycles. The highest BCUT2D eigenvalue weighted by Crippen LogP contribution is 2.60. The normalized spacial score (nSPS) is 16.7. The molecule has 0 bridgehead atoms. The molecular weight excluding hydrogens is 589 g/mol. The van der Waals surface area contributed by atoms with Gasteiger partial charge in [0.1, 0.15) is 0 Å². The van der Waals surface area contributed by atoms with Gasteiger partial charge in [-0.25, -0.2) is 0 Å². The highest BCUT2D eigenvalue weighted by molar-refractivity contribution is 5.96. The summed E-state index contributed by atoms with van der Waals surface area (Å²) < 4.78 is 0. The standard InChI is InChI=1S/C49H36/c1-48(2)43-20-11-21-44(46(43)41-18-10-17-38(47(41)48)37-25-23-32-13-5-7-15-34(32)29-37)49(3)42-19-9-8-16-39(42)40-27-26-36(30-45(40)49)35-24-22-31-12-4-6-14-33(31)28-35/h4-30H,1-3H3. The first-order chi connectivity index (χ1) is 23.9. The lowest BCUT2D eigenvalue weighted by Gasteiger charge is -2.31. The zero-order valence-electron chi connectivity index (χ0n) is 28.1. The first-order valence-corrected chi connectivity index (χ1v) is 17.4. The fourth-order valence-corrected chi connectivity index (χ4v) is 9.28. The second-order valence-electron chi connectivity index (χ2n) is 14.6. The van der Waals surface area contributed by atoms with Gasteiger partial charge in [-0.1, -0.05) is 159 Å². The summed E-state index contributed by atoms with van der Waals surface area (Å²) in [5.74, 6) is 0. The van der Waals surface area contributed by atoms with E-state index in [9.17, 15) is 0 Å². The molecule has 0 amide bonds. The van der Waals surface area contributed by atoms with Gasteiger partial charge in [0.15, 0.2) is 0 Å². The van der Waals surface area contributed by atoms with E-state index in [2.05, 4.69) is 185 Å². The van der Waals surface area contributed by atoms with Gasteiger partial charge in [0.05, 0.1) is 0 Å². The van der Waals surface area contributed by atoms with Crippen LogP contribution in [0.4, 0.5) is 0 Å². The van der Waals surface area contributed by atoms with Crippen molar-refractivity contribution in [1.82, 2.24) is 0 Å². The average Bonchev–Trinajstić information content (AvgIpc) is 3.55. The van der Waals surface area contributed by atoms with Gasteiger partial charge in [0, 0.05) is 10.8 Å². The van der Waals surface area contributed by atoms with E-state index in [1.54, 1.807) is 0 Å². The summed E-state index contributed by atoms with van der Waals surface area (Å²) in [5.41, 5.74) is 17.0. The predicted molar refractivity (Wildman–Crippen MR) is 207 cm³/mol. The van der Waals surface area contributed by atoms with E-state index in [4.69, 9.17) is 0 Å². The second-order valence-corrected chi connectivity index (χ2v) is 14.6. The van der Waals surface area contributed by atoms with Crippen LogP contribution < -0.4 is 0 Å². The van der Waals surface area contributed by atoms with E-state index in [1.807, 2.05) is 0 Å². The maximum absolute atomic E-state index is 2.48. The van der Waals surface area contributed by atoms with Gasteiger partial charge in [-0.05, 0) is 119 Å². The van der Waals surface area contributed by atoms with E-state index in [-0.39, 0.29) is 10.8 Å². The molecule has 1 atom stereocenters. The second kappa shape index (κ2) is 10.1. The third-order valence-electron chi connectivity index (χ3n) is 11.7. The van der Waals surface area contributed by atoms with Crippen molar-refractivity contribution in [3.63, 3.8) is 0 Å². The first-order valence-electron chi connectivity index (χ1n) is 17.4. The van der Waals surface area contributed by atoms with Crippen molar-refractivity contribution >= 4 is 21.5 Å². The van der Waals surface area contributed by atoms with Crippen molar-refractivity contribution in [3.8, 4) is 44.5 Å². The minimum atomic E-state index is -0.333. The molecule has 0 spiro atoms. The van der Waals surface area contributed by atoms with E-state index in [0.29, 0.717) is 0 Å². The molecule has 0 heteroatoms. The van der Waals surface area contributed by atoms with Gasteiger partial charge in [0.2, 0.25) is 0 Å². The topological polar surface area (TPSA) is 0 Å². The number of hydrogen-bond donors (Lipinski definition) is 0. The number of fused-ring (bicyclic) bond motifs is 8. The molecule has 8 aromatic rings. The Morgan fingerprint density at radius 2 is 0.837 bits per heavy atom. The van der Waals surface area contributed by atoms with Gasteiger partial charge < -0.3 is 0 Å². The monoisotopic (exact) mass is 624 g/mol. The Morgan fingerprint density at radius 3 is 1.61 bits per heavy atom. The highest BCUT2D eigenvalue weighted by atomic mass is 14.5. The largest absolute Gasteiger partial charge is 0.0619 e. The van der Waals surface area contributed by atoms with Crippen LogP contribution in [0, 0.1) is 0 Å². The van der Waals surface area contributed by atoms with Crippen LogP contribution in [-0.2, 0) is 10.8 Å². The number of rotatable bonds is 3. The van der Waals surface area contributed by atoms with Gasteiger partial charge in [-0.15, -0.1) is 0 Å². The molecular formula is C49H36. The van der Waals surface area contributed by atoms with Crippen molar-refractivity contribution in [3.05, 3.63) is 192 Å². The van der Waals surface area contributed by atoms with Crippen molar-refractivity contribution in [2.45, 2.75) is 31.6 Å². The summed E-state index contributed by atoms with van der Waals surface area (Å²) in [7, 11) is 0. The van der Waals surface area contributed by atoms with Crippen LogP contribution in [0.2, 0.25) is 0 Å². The summed E-state index contributed by atoms with van der Waals surface area (Å²) in [6.07, 6.45) is 0. The van der Waals surface area contributed by atoms with Crippen LogP contribution in [-0.4, -0.2) is 0 Å². The van der Waals surface area contributed by atoms with Crippen molar-refractivity contribution in [2.24, 2.45) is 0 Å². The molecule has 0 radical (unpaired) electrons. The predicted octanol–water partition coefficient (Wildman–Crippen LogP) is 13.0. The molecule has 8 aromatic carbocycles. The van der Waals surface area contributed by atoms with E-state index < -0.39 is 0 Å². The maximum Gasteiger partial charge on any atom is 0.0442 e. The van der Waals surface area contributed by atoms with Crippen LogP contribution in [0.1, 0.15) is 48.6 Å². The minimum Gasteiger partial charge on any atom is -0.0619 e. The number of benzene rings is 8. The lowest BCUT2D eigenvalue weighted by molar-refractivity contribution is 0.658. The maximum atomic E-state index is 2.48. The molecule has 232 valence electrons. The third-order valence-corrected chi connectivity index (χ3v) is 11.7. The summed E-state index contributed by atoms with van der Waals surface area (Å²) in [6.45, 7) is 7.31. The summed E-state index contributed by atoms with van der Waals surface area (Å²) in [4.78, 5) is 0. The fourth-order valence-electron chi connectivity index (χ4n) is 9.28. The van der Waals surface area contributed by atoms with Gasteiger partial charge >= 0.3 is 0 Å². The van der Waals surface area contributed by atoms with Gasteiger partial charge in [-0.3, -0.25) is 0 Å². The molecule has 0 heterocycles. The Bertz CT molecular complexity index is 2650. The summed E-state index contributed by atoms with van der Waals surface area (Å²) >= 11 is 0. The zero-order chi connectivity index (χ0) is 32.9.